The molecule has 0 unspecified atom stereocenters. The highest BCUT2D eigenvalue weighted by Gasteiger charge is 2.19. The summed E-state index contributed by atoms with van der Waals surface area (Å²) in [5.74, 6) is -0.182. The second-order valence-corrected chi connectivity index (χ2v) is 9.19. The molecule has 0 atom stereocenters. The maximum absolute atomic E-state index is 12.7. The maximum atomic E-state index is 12.7. The van der Waals surface area contributed by atoms with Crippen LogP contribution in [0.2, 0.25) is 0 Å². The van der Waals surface area contributed by atoms with Gasteiger partial charge in [0.1, 0.15) is 5.69 Å². The fraction of sp³-hybridized carbons (Fsp3) is 0.0909. The summed E-state index contributed by atoms with van der Waals surface area (Å²) in [4.78, 5) is 43.3. The van der Waals surface area contributed by atoms with Crippen molar-refractivity contribution in [3.8, 4) is 0 Å². The number of carbonyl (C=O) groups excluding carboxylic acids is 2. The van der Waals surface area contributed by atoms with E-state index in [9.17, 15) is 19.7 Å². The number of hydrogen-bond acceptors (Lipinski definition) is 8. The first-order valence-electron chi connectivity index (χ1n) is 9.69. The van der Waals surface area contributed by atoms with Crippen LogP contribution in [0.1, 0.15) is 22.8 Å². The number of hydrogen-bond donors (Lipinski definition) is 2. The number of nitrogens with one attached hydrogen (secondary N) is 2. The first-order chi connectivity index (χ1) is 15.9. The molecule has 2 aromatic carbocycles. The van der Waals surface area contributed by atoms with E-state index in [1.54, 1.807) is 24.0 Å². The molecule has 0 bridgehead atoms. The Bertz CT molecular complexity index is 1360. The molecule has 0 spiro atoms. The Morgan fingerprint density at radius 2 is 2.00 bits per heavy atom. The molecule has 4 aromatic rings. The monoisotopic (exact) mass is 479 g/mol. The number of carbonyl (C=O) groups is 2. The van der Waals surface area contributed by atoms with Crippen LogP contribution in [-0.4, -0.2) is 26.7 Å². The largest absolute Gasteiger partial charge is 0.322 e. The summed E-state index contributed by atoms with van der Waals surface area (Å²) in [6, 6.07) is 13.2. The molecule has 33 heavy (non-hydrogen) atoms. The Balaban J connectivity index is 1.49. The van der Waals surface area contributed by atoms with Crippen molar-refractivity contribution in [2.45, 2.75) is 17.0 Å². The van der Waals surface area contributed by atoms with Crippen LogP contribution in [0.3, 0.4) is 0 Å². The van der Waals surface area contributed by atoms with Crippen LogP contribution in [0.5, 0.6) is 0 Å². The summed E-state index contributed by atoms with van der Waals surface area (Å²) < 4.78 is 1.81. The predicted octanol–water partition coefficient (Wildman–Crippen LogP) is 5.10. The number of nitro benzene ring substituents is 1. The first-order valence-corrected chi connectivity index (χ1v) is 11.5. The molecule has 0 aliphatic heterocycles. The molecule has 0 fully saturated rings. The fourth-order valence-electron chi connectivity index (χ4n) is 2.99. The Hall–Kier alpha value is -3.83. The Kier molecular flexibility index (Phi) is 6.61. The van der Waals surface area contributed by atoms with Gasteiger partial charge >= 0.3 is 0 Å². The summed E-state index contributed by atoms with van der Waals surface area (Å²) in [6.45, 7) is 1.25. The maximum Gasteiger partial charge on any atom is 0.293 e. The van der Waals surface area contributed by atoms with E-state index in [1.165, 1.54) is 30.4 Å². The van der Waals surface area contributed by atoms with Crippen molar-refractivity contribution in [1.82, 2.24) is 9.97 Å². The SMILES string of the molecule is CC(=O)Nc1ccc(C(=O)Nc2ccc3nc(SCc4cccnc4)sc3c2)cc1[N+](=O)[O-]. The van der Waals surface area contributed by atoms with Crippen LogP contribution >= 0.6 is 23.1 Å². The van der Waals surface area contributed by atoms with Gasteiger partial charge in [-0.1, -0.05) is 17.8 Å². The lowest BCUT2D eigenvalue weighted by Gasteiger charge is -2.08. The van der Waals surface area contributed by atoms with E-state index < -0.39 is 16.7 Å². The lowest BCUT2D eigenvalue weighted by molar-refractivity contribution is -0.383. The second-order valence-electron chi connectivity index (χ2n) is 6.94. The van der Waals surface area contributed by atoms with Crippen molar-refractivity contribution >= 4 is 62.2 Å². The quantitative estimate of drug-likeness (QED) is 0.214. The smallest absolute Gasteiger partial charge is 0.293 e. The fourth-order valence-corrected chi connectivity index (χ4v) is 5.04. The minimum Gasteiger partial charge on any atom is -0.322 e. The number of anilines is 2. The van der Waals surface area contributed by atoms with Crippen molar-refractivity contribution in [3.63, 3.8) is 0 Å². The van der Waals surface area contributed by atoms with E-state index in [4.69, 9.17) is 0 Å². The number of fused-ring (bicyclic) bond motifs is 1. The van der Waals surface area contributed by atoms with Gasteiger partial charge in [0.05, 0.1) is 15.1 Å². The van der Waals surface area contributed by atoms with Gasteiger partial charge in [0.2, 0.25) is 5.91 Å². The number of aromatic nitrogens is 2. The van der Waals surface area contributed by atoms with Gasteiger partial charge in [-0.05, 0) is 42.0 Å². The lowest BCUT2D eigenvalue weighted by Crippen LogP contribution is -2.13. The van der Waals surface area contributed by atoms with Crippen molar-refractivity contribution in [3.05, 3.63) is 82.2 Å². The zero-order valence-electron chi connectivity index (χ0n) is 17.3. The van der Waals surface area contributed by atoms with E-state index >= 15 is 0 Å². The van der Waals surface area contributed by atoms with Crippen molar-refractivity contribution < 1.29 is 14.5 Å². The van der Waals surface area contributed by atoms with Crippen LogP contribution in [-0.2, 0) is 10.5 Å². The molecule has 2 heterocycles. The molecule has 166 valence electrons. The van der Waals surface area contributed by atoms with E-state index in [2.05, 4.69) is 20.6 Å². The number of thiazole rings is 1. The summed E-state index contributed by atoms with van der Waals surface area (Å²) in [6.07, 6.45) is 3.55. The number of nitrogens with zero attached hydrogens (tertiary/aromatic N) is 3. The Labute approximate surface area is 196 Å². The third kappa shape index (κ3) is 5.51. The standard InChI is InChI=1S/C22H17N5O4S2/c1-13(28)24-17-6-4-15(9-19(17)27(30)31)21(29)25-16-5-7-18-20(10-16)33-22(26-18)32-12-14-3-2-8-23-11-14/h2-11H,12H2,1H3,(H,24,28)(H,25,29). The highest BCUT2D eigenvalue weighted by molar-refractivity contribution is 8.00. The number of benzene rings is 2. The van der Waals surface area contributed by atoms with E-state index in [0.29, 0.717) is 5.69 Å². The van der Waals surface area contributed by atoms with Gasteiger partial charge in [0.15, 0.2) is 4.34 Å². The van der Waals surface area contributed by atoms with Crippen LogP contribution < -0.4 is 10.6 Å². The van der Waals surface area contributed by atoms with Crippen LogP contribution in [0.4, 0.5) is 17.1 Å². The third-order valence-corrected chi connectivity index (χ3v) is 6.71. The van der Waals surface area contributed by atoms with E-state index in [0.717, 1.165) is 31.9 Å². The number of rotatable bonds is 7. The van der Waals surface area contributed by atoms with Crippen molar-refractivity contribution in [2.75, 3.05) is 10.6 Å². The van der Waals surface area contributed by atoms with E-state index in [1.807, 2.05) is 30.5 Å². The molecular weight excluding hydrogens is 462 g/mol. The summed E-state index contributed by atoms with van der Waals surface area (Å²) >= 11 is 3.13. The molecule has 11 heteroatoms. The van der Waals surface area contributed by atoms with E-state index in [-0.39, 0.29) is 16.9 Å². The van der Waals surface area contributed by atoms with Crippen LogP contribution in [0.25, 0.3) is 10.2 Å². The predicted molar refractivity (Wildman–Crippen MR) is 129 cm³/mol. The van der Waals surface area contributed by atoms with Gasteiger partial charge in [0.25, 0.3) is 11.6 Å². The average Bonchev–Trinajstić information content (AvgIpc) is 3.20. The zero-order valence-corrected chi connectivity index (χ0v) is 18.9. The summed E-state index contributed by atoms with van der Waals surface area (Å²) in [5.41, 5.74) is 2.26. The van der Waals surface area contributed by atoms with Crippen molar-refractivity contribution in [1.29, 1.82) is 0 Å². The number of thioether (sulfide) groups is 1. The molecule has 0 saturated heterocycles. The van der Waals surface area contributed by atoms with Crippen molar-refractivity contribution in [2.24, 2.45) is 0 Å². The topological polar surface area (TPSA) is 127 Å². The van der Waals surface area contributed by atoms with Crippen LogP contribution in [0.15, 0.2) is 65.3 Å². The van der Waals surface area contributed by atoms with Gasteiger partial charge in [0, 0.05) is 42.4 Å². The lowest BCUT2D eigenvalue weighted by atomic mass is 10.1. The molecule has 0 saturated carbocycles. The van der Waals surface area contributed by atoms with Crippen LogP contribution in [0, 0.1) is 10.1 Å². The highest BCUT2D eigenvalue weighted by atomic mass is 32.2. The number of pyridine rings is 1. The number of amides is 2. The minimum absolute atomic E-state index is 0.0337. The molecular formula is C22H17N5O4S2. The van der Waals surface area contributed by atoms with Gasteiger partial charge in [-0.2, -0.15) is 0 Å². The molecule has 0 aliphatic carbocycles. The first kappa shape index (κ1) is 22.4. The highest BCUT2D eigenvalue weighted by Crippen LogP contribution is 2.33. The summed E-state index contributed by atoms with van der Waals surface area (Å²) in [5, 5.41) is 16.5. The summed E-state index contributed by atoms with van der Waals surface area (Å²) in [7, 11) is 0. The molecule has 0 aliphatic rings. The molecule has 4 rings (SSSR count). The zero-order chi connectivity index (χ0) is 23.4. The minimum atomic E-state index is -0.643. The van der Waals surface area contributed by atoms with Gasteiger partial charge in [-0.25, -0.2) is 4.98 Å². The molecule has 2 N–H and O–H groups in total. The van der Waals surface area contributed by atoms with Gasteiger partial charge < -0.3 is 10.6 Å². The van der Waals surface area contributed by atoms with Gasteiger partial charge in [-0.15, -0.1) is 11.3 Å². The second kappa shape index (κ2) is 9.76. The Morgan fingerprint density at radius 1 is 1.15 bits per heavy atom. The normalized spacial score (nSPS) is 10.7. The number of nitro groups is 1. The third-order valence-electron chi connectivity index (χ3n) is 4.48. The molecule has 2 amide bonds. The Morgan fingerprint density at radius 3 is 2.73 bits per heavy atom. The molecule has 2 aromatic heterocycles. The molecule has 0 radical (unpaired) electrons. The average molecular weight is 480 g/mol. The van der Waals surface area contributed by atoms with Gasteiger partial charge in [-0.3, -0.25) is 24.7 Å². The molecule has 9 nitrogen and oxygen atoms in total.